The molecule has 0 spiro atoms. The van der Waals surface area contributed by atoms with Crippen LogP contribution in [0.1, 0.15) is 65.8 Å². The third-order valence-corrected chi connectivity index (χ3v) is 6.44. The van der Waals surface area contributed by atoms with Crippen molar-refractivity contribution in [3.05, 3.63) is 51.3 Å². The summed E-state index contributed by atoms with van der Waals surface area (Å²) in [6, 6.07) is 5.68. The Hall–Kier alpha value is -2.18. The molecule has 0 radical (unpaired) electrons. The van der Waals surface area contributed by atoms with Gasteiger partial charge in [-0.05, 0) is 63.3 Å². The first kappa shape index (κ1) is 20.1. The largest absolute Gasteiger partial charge is 0.461 e. The first-order chi connectivity index (χ1) is 14.0. The molecule has 0 fully saturated rings. The molecule has 0 N–H and O–H groups in total. The van der Waals surface area contributed by atoms with Crippen molar-refractivity contribution in [1.82, 2.24) is 14.8 Å². The van der Waals surface area contributed by atoms with Gasteiger partial charge in [-0.25, -0.2) is 9.78 Å². The molecule has 0 unspecified atom stereocenters. The Labute approximate surface area is 179 Å². The minimum absolute atomic E-state index is 0.324. The zero-order valence-corrected chi connectivity index (χ0v) is 18.3. The Morgan fingerprint density at radius 1 is 1.28 bits per heavy atom. The number of allylic oxidation sites excluding steroid dienone is 2. The standard InChI is InChI=1S/C22H24ClN3O2S/c1-3-28-22(27)18-10-14(2)26(25-18)13-16-11-17(23)12-19-20(16)24-21(29-19)15-8-6-4-5-7-9-15/h8,10-12H,3-7,9,13H2,1-2H3. The topological polar surface area (TPSA) is 57.0 Å². The highest BCUT2D eigenvalue weighted by molar-refractivity contribution is 7.19. The first-order valence-electron chi connectivity index (χ1n) is 10.0. The van der Waals surface area contributed by atoms with Crippen LogP contribution >= 0.6 is 22.9 Å². The third kappa shape index (κ3) is 4.38. The van der Waals surface area contributed by atoms with Gasteiger partial charge in [0.15, 0.2) is 5.69 Å². The van der Waals surface area contributed by atoms with Crippen molar-refractivity contribution in [1.29, 1.82) is 0 Å². The molecule has 3 aromatic rings. The lowest BCUT2D eigenvalue weighted by atomic mass is 10.1. The molecule has 0 amide bonds. The lowest BCUT2D eigenvalue weighted by Gasteiger charge is -2.06. The SMILES string of the molecule is CCOC(=O)c1cc(C)n(Cc2cc(Cl)cc3sc(C4=CCCCCC4)nc23)n1. The number of carbonyl (C=O) groups is 1. The molecule has 7 heteroatoms. The number of thiazole rings is 1. The molecule has 2 aromatic heterocycles. The highest BCUT2D eigenvalue weighted by Gasteiger charge is 2.17. The van der Waals surface area contributed by atoms with Crippen LogP contribution < -0.4 is 0 Å². The van der Waals surface area contributed by atoms with Crippen molar-refractivity contribution in [2.24, 2.45) is 0 Å². The Kier molecular flexibility index (Phi) is 6.01. The Balaban J connectivity index is 1.69. The van der Waals surface area contributed by atoms with Crippen LogP contribution in [0.2, 0.25) is 5.02 Å². The Morgan fingerprint density at radius 3 is 2.97 bits per heavy atom. The number of benzene rings is 1. The summed E-state index contributed by atoms with van der Waals surface area (Å²) in [7, 11) is 0. The van der Waals surface area contributed by atoms with E-state index in [1.165, 1.54) is 24.8 Å². The van der Waals surface area contributed by atoms with Gasteiger partial charge in [-0.15, -0.1) is 11.3 Å². The van der Waals surface area contributed by atoms with E-state index >= 15 is 0 Å². The van der Waals surface area contributed by atoms with Crippen LogP contribution in [-0.4, -0.2) is 27.3 Å². The number of aryl methyl sites for hydroxylation is 1. The molecule has 1 aliphatic rings. The fraction of sp³-hybridized carbons (Fsp3) is 0.409. The predicted octanol–water partition coefficient (Wildman–Crippen LogP) is 6.03. The van der Waals surface area contributed by atoms with Gasteiger partial charge < -0.3 is 4.74 Å². The molecule has 0 atom stereocenters. The summed E-state index contributed by atoms with van der Waals surface area (Å²) in [6.07, 6.45) is 8.32. The van der Waals surface area contributed by atoms with E-state index in [0.717, 1.165) is 39.3 Å². The van der Waals surface area contributed by atoms with Gasteiger partial charge in [0.25, 0.3) is 0 Å². The van der Waals surface area contributed by atoms with Crippen molar-refractivity contribution in [3.63, 3.8) is 0 Å². The van der Waals surface area contributed by atoms with E-state index in [-0.39, 0.29) is 0 Å². The highest BCUT2D eigenvalue weighted by atomic mass is 35.5. The van der Waals surface area contributed by atoms with Crippen molar-refractivity contribution in [2.45, 2.75) is 52.5 Å². The summed E-state index contributed by atoms with van der Waals surface area (Å²) in [5, 5.41) is 6.21. The molecule has 0 saturated carbocycles. The molecule has 5 nitrogen and oxygen atoms in total. The van der Waals surface area contributed by atoms with Gasteiger partial charge in [-0.2, -0.15) is 5.10 Å². The number of ether oxygens (including phenoxy) is 1. The van der Waals surface area contributed by atoms with Crippen LogP contribution in [0.3, 0.4) is 0 Å². The first-order valence-corrected chi connectivity index (χ1v) is 11.2. The summed E-state index contributed by atoms with van der Waals surface area (Å²) < 4.78 is 7.96. The fourth-order valence-corrected chi connectivity index (χ4v) is 5.09. The molecular weight excluding hydrogens is 406 g/mol. The van der Waals surface area contributed by atoms with E-state index in [0.29, 0.717) is 23.9 Å². The maximum atomic E-state index is 12.0. The lowest BCUT2D eigenvalue weighted by molar-refractivity contribution is 0.0518. The lowest BCUT2D eigenvalue weighted by Crippen LogP contribution is -2.08. The van der Waals surface area contributed by atoms with Gasteiger partial charge in [0.1, 0.15) is 5.01 Å². The smallest absolute Gasteiger partial charge is 0.358 e. The molecule has 29 heavy (non-hydrogen) atoms. The number of esters is 1. The molecule has 0 aliphatic heterocycles. The van der Waals surface area contributed by atoms with Crippen molar-refractivity contribution in [2.75, 3.05) is 6.61 Å². The number of aromatic nitrogens is 3. The number of carbonyl (C=O) groups excluding carboxylic acids is 1. The molecular formula is C22H24ClN3O2S. The third-order valence-electron chi connectivity index (χ3n) is 5.14. The summed E-state index contributed by atoms with van der Waals surface area (Å²) in [4.78, 5) is 17.0. The second-order valence-corrected chi connectivity index (χ2v) is 8.78. The normalized spacial score (nSPS) is 14.7. The summed E-state index contributed by atoms with van der Waals surface area (Å²) in [6.45, 7) is 4.55. The zero-order valence-electron chi connectivity index (χ0n) is 16.7. The quantitative estimate of drug-likeness (QED) is 0.465. The number of fused-ring (bicyclic) bond motifs is 1. The summed E-state index contributed by atoms with van der Waals surface area (Å²) in [5.41, 5.74) is 4.54. The van der Waals surface area contributed by atoms with Gasteiger partial charge in [-0.1, -0.05) is 24.1 Å². The monoisotopic (exact) mass is 429 g/mol. The molecule has 1 aliphatic carbocycles. The van der Waals surface area contributed by atoms with Crippen molar-refractivity contribution >= 4 is 44.7 Å². The fourth-order valence-electron chi connectivity index (χ4n) is 3.66. The van der Waals surface area contributed by atoms with Crippen LogP contribution in [0.4, 0.5) is 0 Å². The van der Waals surface area contributed by atoms with Crippen LogP contribution in [0.15, 0.2) is 24.3 Å². The van der Waals surface area contributed by atoms with Crippen LogP contribution in [0.25, 0.3) is 15.8 Å². The highest BCUT2D eigenvalue weighted by Crippen LogP contribution is 2.35. The zero-order chi connectivity index (χ0) is 20.4. The molecule has 4 rings (SSSR count). The summed E-state index contributed by atoms with van der Waals surface area (Å²) in [5.74, 6) is -0.401. The number of nitrogens with zero attached hydrogens (tertiary/aromatic N) is 3. The van der Waals surface area contributed by atoms with E-state index in [9.17, 15) is 4.79 Å². The van der Waals surface area contributed by atoms with Crippen LogP contribution in [-0.2, 0) is 11.3 Å². The van der Waals surface area contributed by atoms with E-state index in [1.54, 1.807) is 29.0 Å². The number of hydrogen-bond donors (Lipinski definition) is 0. The van der Waals surface area contributed by atoms with Crippen molar-refractivity contribution < 1.29 is 9.53 Å². The van der Waals surface area contributed by atoms with Gasteiger partial charge in [-0.3, -0.25) is 4.68 Å². The molecule has 0 saturated heterocycles. The molecule has 2 heterocycles. The van der Waals surface area contributed by atoms with Crippen LogP contribution in [0.5, 0.6) is 0 Å². The van der Waals surface area contributed by atoms with Gasteiger partial charge in [0.05, 0.1) is 23.4 Å². The molecule has 1 aromatic carbocycles. The summed E-state index contributed by atoms with van der Waals surface area (Å²) >= 11 is 8.11. The van der Waals surface area contributed by atoms with Gasteiger partial charge >= 0.3 is 5.97 Å². The predicted molar refractivity (Wildman–Crippen MR) is 118 cm³/mol. The van der Waals surface area contributed by atoms with E-state index in [2.05, 4.69) is 11.2 Å². The maximum absolute atomic E-state index is 12.0. The number of hydrogen-bond acceptors (Lipinski definition) is 5. The van der Waals surface area contributed by atoms with E-state index in [1.807, 2.05) is 19.1 Å². The Bertz CT molecular complexity index is 1080. The average Bonchev–Trinajstić information content (AvgIpc) is 3.15. The van der Waals surface area contributed by atoms with E-state index in [4.69, 9.17) is 21.3 Å². The average molecular weight is 430 g/mol. The number of halogens is 1. The second-order valence-electron chi connectivity index (χ2n) is 7.31. The minimum Gasteiger partial charge on any atom is -0.461 e. The maximum Gasteiger partial charge on any atom is 0.358 e. The molecule has 152 valence electrons. The van der Waals surface area contributed by atoms with Gasteiger partial charge in [0, 0.05) is 16.3 Å². The number of rotatable bonds is 5. The minimum atomic E-state index is -0.401. The van der Waals surface area contributed by atoms with Gasteiger partial charge in [0.2, 0.25) is 0 Å². The van der Waals surface area contributed by atoms with Crippen LogP contribution in [0, 0.1) is 6.92 Å². The Morgan fingerprint density at radius 2 is 2.14 bits per heavy atom. The van der Waals surface area contributed by atoms with E-state index < -0.39 is 5.97 Å². The van der Waals surface area contributed by atoms with Crippen molar-refractivity contribution in [3.8, 4) is 0 Å². The molecule has 0 bridgehead atoms. The second kappa shape index (κ2) is 8.67.